The number of esters is 1. The number of fused-ring (bicyclic) bond motifs is 1. The summed E-state index contributed by atoms with van der Waals surface area (Å²) in [5.41, 5.74) is 0.952. The maximum atomic E-state index is 12.1. The van der Waals surface area contributed by atoms with E-state index in [1.54, 1.807) is 13.2 Å². The molecule has 1 aliphatic heterocycles. The molecule has 4 heteroatoms. The molecule has 0 unspecified atom stereocenters. The zero-order chi connectivity index (χ0) is 12.6. The lowest BCUT2D eigenvalue weighted by Gasteiger charge is -2.38. The van der Waals surface area contributed by atoms with Gasteiger partial charge in [0.2, 0.25) is 0 Å². The Morgan fingerprint density at radius 2 is 2.17 bits per heavy atom. The Bertz CT molecular complexity index is 580. The van der Waals surface area contributed by atoms with Gasteiger partial charge in [-0.3, -0.25) is 4.79 Å². The summed E-state index contributed by atoms with van der Waals surface area (Å²) < 4.78 is 15.9. The van der Waals surface area contributed by atoms with Gasteiger partial charge >= 0.3 is 5.97 Å². The van der Waals surface area contributed by atoms with Crippen molar-refractivity contribution >= 4 is 16.9 Å². The van der Waals surface area contributed by atoms with Crippen LogP contribution in [0.25, 0.3) is 11.0 Å². The first-order chi connectivity index (χ1) is 8.78. The van der Waals surface area contributed by atoms with Crippen molar-refractivity contribution in [3.05, 3.63) is 36.1 Å². The third-order valence-corrected chi connectivity index (χ3v) is 3.36. The normalized spacial score (nSPS) is 17.4. The van der Waals surface area contributed by atoms with Crippen molar-refractivity contribution in [3.63, 3.8) is 0 Å². The van der Waals surface area contributed by atoms with Gasteiger partial charge in [-0.15, -0.1) is 0 Å². The molecule has 0 radical (unpaired) electrons. The fourth-order valence-electron chi connectivity index (χ4n) is 2.31. The molecule has 18 heavy (non-hydrogen) atoms. The molecule has 0 aliphatic carbocycles. The highest BCUT2D eigenvalue weighted by molar-refractivity contribution is 5.92. The highest BCUT2D eigenvalue weighted by atomic mass is 16.6. The SMILES string of the molecule is CCOC(=O)C1(c2coc3ccccc23)COC1. The second kappa shape index (κ2) is 4.14. The summed E-state index contributed by atoms with van der Waals surface area (Å²) in [7, 11) is 0. The Kier molecular flexibility index (Phi) is 2.59. The lowest BCUT2D eigenvalue weighted by molar-refractivity contribution is -0.169. The molecule has 2 heterocycles. The van der Waals surface area contributed by atoms with E-state index in [4.69, 9.17) is 13.9 Å². The van der Waals surface area contributed by atoms with Crippen LogP contribution in [0.1, 0.15) is 12.5 Å². The number of hydrogen-bond donors (Lipinski definition) is 0. The zero-order valence-corrected chi connectivity index (χ0v) is 10.1. The summed E-state index contributed by atoms with van der Waals surface area (Å²) in [6.45, 7) is 2.89. The van der Waals surface area contributed by atoms with E-state index in [2.05, 4.69) is 0 Å². The molecule has 1 saturated heterocycles. The molecular weight excluding hydrogens is 232 g/mol. The first kappa shape index (κ1) is 11.3. The average Bonchev–Trinajstić information content (AvgIpc) is 2.73. The molecule has 0 spiro atoms. The van der Waals surface area contributed by atoms with Gasteiger partial charge in [-0.1, -0.05) is 18.2 Å². The van der Waals surface area contributed by atoms with Gasteiger partial charge in [-0.2, -0.15) is 0 Å². The molecule has 94 valence electrons. The van der Waals surface area contributed by atoms with E-state index in [1.807, 2.05) is 24.3 Å². The van der Waals surface area contributed by atoms with Gasteiger partial charge in [0.25, 0.3) is 0 Å². The zero-order valence-electron chi connectivity index (χ0n) is 10.1. The van der Waals surface area contributed by atoms with E-state index >= 15 is 0 Å². The fourth-order valence-corrected chi connectivity index (χ4v) is 2.31. The quantitative estimate of drug-likeness (QED) is 0.779. The Hall–Kier alpha value is -1.81. The minimum absolute atomic E-state index is 0.234. The predicted molar refractivity (Wildman–Crippen MR) is 65.3 cm³/mol. The lowest BCUT2D eigenvalue weighted by Crippen LogP contribution is -2.53. The van der Waals surface area contributed by atoms with Crippen LogP contribution in [-0.2, 0) is 19.7 Å². The largest absolute Gasteiger partial charge is 0.465 e. The lowest BCUT2D eigenvalue weighted by atomic mass is 9.78. The Morgan fingerprint density at radius 3 is 2.83 bits per heavy atom. The Morgan fingerprint density at radius 1 is 1.39 bits per heavy atom. The van der Waals surface area contributed by atoms with E-state index in [-0.39, 0.29) is 5.97 Å². The van der Waals surface area contributed by atoms with Crippen molar-refractivity contribution in [1.29, 1.82) is 0 Å². The Balaban J connectivity index is 2.09. The van der Waals surface area contributed by atoms with Gasteiger partial charge in [-0.05, 0) is 13.0 Å². The van der Waals surface area contributed by atoms with E-state index in [9.17, 15) is 4.79 Å². The van der Waals surface area contributed by atoms with Crippen LogP contribution in [0.5, 0.6) is 0 Å². The summed E-state index contributed by atoms with van der Waals surface area (Å²) in [5, 5.41) is 0.953. The number of para-hydroxylation sites is 1. The molecular formula is C14H14O4. The first-order valence-corrected chi connectivity index (χ1v) is 5.99. The molecule has 0 bridgehead atoms. The summed E-state index contributed by atoms with van der Waals surface area (Å²) in [5.74, 6) is -0.234. The van der Waals surface area contributed by atoms with Crippen LogP contribution in [0.4, 0.5) is 0 Å². The van der Waals surface area contributed by atoms with Gasteiger partial charge in [-0.25, -0.2) is 0 Å². The highest BCUT2D eigenvalue weighted by Gasteiger charge is 2.50. The number of rotatable bonds is 3. The number of carbonyl (C=O) groups excluding carboxylic acids is 1. The monoisotopic (exact) mass is 246 g/mol. The number of hydrogen-bond acceptors (Lipinski definition) is 4. The van der Waals surface area contributed by atoms with E-state index in [1.165, 1.54) is 0 Å². The molecule has 3 rings (SSSR count). The minimum atomic E-state index is -0.692. The maximum Gasteiger partial charge on any atom is 0.321 e. The van der Waals surface area contributed by atoms with Crippen LogP contribution in [0.15, 0.2) is 34.9 Å². The van der Waals surface area contributed by atoms with Crippen LogP contribution in [0.2, 0.25) is 0 Å². The third kappa shape index (κ3) is 1.46. The molecule has 1 fully saturated rings. The predicted octanol–water partition coefficient (Wildman–Crippen LogP) is 2.26. The number of furan rings is 1. The van der Waals surface area contributed by atoms with Gasteiger partial charge < -0.3 is 13.9 Å². The topological polar surface area (TPSA) is 48.7 Å². The number of ether oxygens (including phenoxy) is 2. The summed E-state index contributed by atoms with van der Waals surface area (Å²) in [4.78, 5) is 12.1. The summed E-state index contributed by atoms with van der Waals surface area (Å²) in [6, 6.07) is 7.67. The molecule has 2 aromatic rings. The van der Waals surface area contributed by atoms with E-state index < -0.39 is 5.41 Å². The molecule has 1 aromatic carbocycles. The second-order valence-corrected chi connectivity index (χ2v) is 4.44. The van der Waals surface area contributed by atoms with Crippen molar-refractivity contribution in [2.24, 2.45) is 0 Å². The molecule has 0 N–H and O–H groups in total. The molecule has 0 amide bonds. The molecule has 4 nitrogen and oxygen atoms in total. The fraction of sp³-hybridized carbons (Fsp3) is 0.357. The highest BCUT2D eigenvalue weighted by Crippen LogP contribution is 2.38. The molecule has 1 aromatic heterocycles. The van der Waals surface area contributed by atoms with Crippen LogP contribution in [-0.4, -0.2) is 25.8 Å². The summed E-state index contributed by atoms with van der Waals surface area (Å²) >= 11 is 0. The van der Waals surface area contributed by atoms with E-state index in [0.717, 1.165) is 16.5 Å². The molecule has 1 aliphatic rings. The maximum absolute atomic E-state index is 12.1. The van der Waals surface area contributed by atoms with Gasteiger partial charge in [0.15, 0.2) is 0 Å². The standard InChI is InChI=1S/C14H14O4/c1-2-17-13(15)14(8-16-9-14)11-7-18-12-6-4-3-5-10(11)12/h3-7H,2,8-9H2,1H3. The second-order valence-electron chi connectivity index (χ2n) is 4.44. The average molecular weight is 246 g/mol. The van der Waals surface area contributed by atoms with Gasteiger partial charge in [0, 0.05) is 10.9 Å². The Labute approximate surface area is 104 Å². The third-order valence-electron chi connectivity index (χ3n) is 3.36. The van der Waals surface area contributed by atoms with Gasteiger partial charge in [0.1, 0.15) is 11.0 Å². The number of carbonyl (C=O) groups is 1. The van der Waals surface area contributed by atoms with Crippen molar-refractivity contribution in [2.45, 2.75) is 12.3 Å². The van der Waals surface area contributed by atoms with Crippen LogP contribution in [0, 0.1) is 0 Å². The first-order valence-electron chi connectivity index (χ1n) is 5.99. The molecule has 0 saturated carbocycles. The minimum Gasteiger partial charge on any atom is -0.465 e. The van der Waals surface area contributed by atoms with E-state index in [0.29, 0.717) is 19.8 Å². The van der Waals surface area contributed by atoms with Crippen molar-refractivity contribution < 1.29 is 18.7 Å². The van der Waals surface area contributed by atoms with Gasteiger partial charge in [0.05, 0.1) is 26.1 Å². The van der Waals surface area contributed by atoms with Crippen molar-refractivity contribution in [1.82, 2.24) is 0 Å². The number of benzene rings is 1. The molecule has 0 atom stereocenters. The summed E-state index contributed by atoms with van der Waals surface area (Å²) in [6.07, 6.45) is 1.64. The van der Waals surface area contributed by atoms with Crippen LogP contribution >= 0.6 is 0 Å². The van der Waals surface area contributed by atoms with Crippen molar-refractivity contribution in [3.8, 4) is 0 Å². The van der Waals surface area contributed by atoms with Crippen LogP contribution in [0.3, 0.4) is 0 Å². The van der Waals surface area contributed by atoms with Crippen molar-refractivity contribution in [2.75, 3.05) is 19.8 Å². The smallest absolute Gasteiger partial charge is 0.321 e. The van der Waals surface area contributed by atoms with Crippen LogP contribution < -0.4 is 0 Å².